The van der Waals surface area contributed by atoms with Crippen molar-refractivity contribution in [3.63, 3.8) is 0 Å². The molecule has 4 heteroatoms. The highest BCUT2D eigenvalue weighted by Crippen LogP contribution is 2.28. The number of hydrogen-bond acceptors (Lipinski definition) is 4. The van der Waals surface area contributed by atoms with Crippen molar-refractivity contribution in [1.82, 2.24) is 4.98 Å². The van der Waals surface area contributed by atoms with Gasteiger partial charge in [0.05, 0.1) is 0 Å². The monoisotopic (exact) mass is 269 g/mol. The molecule has 0 aliphatic carbocycles. The molecule has 0 saturated heterocycles. The van der Waals surface area contributed by atoms with Gasteiger partial charge in [0.1, 0.15) is 24.3 Å². The molecule has 0 aliphatic rings. The molecule has 0 amide bonds. The van der Waals surface area contributed by atoms with E-state index >= 15 is 0 Å². The van der Waals surface area contributed by atoms with Crippen molar-refractivity contribution in [2.75, 3.05) is 13.2 Å². The topological polar surface area (TPSA) is 48.4 Å². The number of aromatic nitrogens is 1. The van der Waals surface area contributed by atoms with E-state index in [9.17, 15) is 4.79 Å². The predicted octanol–water partition coefficient (Wildman–Crippen LogP) is 3.14. The number of fused-ring (bicyclic) bond motifs is 1. The average Bonchev–Trinajstić information content (AvgIpc) is 2.50. The zero-order chi connectivity index (χ0) is 14.4. The molecule has 1 heterocycles. The number of pyridine rings is 1. The van der Waals surface area contributed by atoms with Crippen LogP contribution in [0.25, 0.3) is 10.9 Å². The zero-order valence-electron chi connectivity index (χ0n) is 11.0. The van der Waals surface area contributed by atoms with Gasteiger partial charge in [-0.2, -0.15) is 0 Å². The van der Waals surface area contributed by atoms with Crippen molar-refractivity contribution in [2.45, 2.75) is 0 Å². The number of rotatable bonds is 6. The standard InChI is InChI=1S/C16H15NO3/c1-3-10-19-15-13(16(18)20-11-4-2)8-7-12-6-5-9-17-14(12)15/h3-9H,1-2,10-11H2. The van der Waals surface area contributed by atoms with Crippen molar-refractivity contribution in [1.29, 1.82) is 0 Å². The molecule has 0 saturated carbocycles. The lowest BCUT2D eigenvalue weighted by Crippen LogP contribution is -2.09. The van der Waals surface area contributed by atoms with E-state index in [4.69, 9.17) is 9.47 Å². The summed E-state index contributed by atoms with van der Waals surface area (Å²) in [5, 5.41) is 0.895. The average molecular weight is 269 g/mol. The lowest BCUT2D eigenvalue weighted by molar-refractivity contribution is 0.0546. The number of carbonyl (C=O) groups is 1. The Morgan fingerprint density at radius 3 is 2.75 bits per heavy atom. The summed E-state index contributed by atoms with van der Waals surface area (Å²) in [7, 11) is 0. The molecule has 102 valence electrons. The van der Waals surface area contributed by atoms with Crippen LogP contribution in [0.15, 0.2) is 55.8 Å². The molecule has 0 radical (unpaired) electrons. The van der Waals surface area contributed by atoms with Gasteiger partial charge in [-0.1, -0.05) is 37.4 Å². The van der Waals surface area contributed by atoms with Crippen LogP contribution in [0.1, 0.15) is 10.4 Å². The minimum Gasteiger partial charge on any atom is -0.486 e. The minimum absolute atomic E-state index is 0.153. The second-order valence-corrected chi connectivity index (χ2v) is 4.00. The summed E-state index contributed by atoms with van der Waals surface area (Å²) < 4.78 is 10.6. The van der Waals surface area contributed by atoms with Crippen LogP contribution in [0.3, 0.4) is 0 Å². The predicted molar refractivity (Wildman–Crippen MR) is 77.9 cm³/mol. The number of nitrogens with zero attached hydrogens (tertiary/aromatic N) is 1. The molecule has 0 atom stereocenters. The molecule has 2 rings (SSSR count). The highest BCUT2D eigenvalue weighted by molar-refractivity contribution is 5.99. The third-order valence-corrected chi connectivity index (χ3v) is 2.63. The fourth-order valence-electron chi connectivity index (χ4n) is 1.78. The number of carbonyl (C=O) groups excluding carboxylic acids is 1. The van der Waals surface area contributed by atoms with Crippen molar-refractivity contribution in [2.24, 2.45) is 0 Å². The molecule has 0 aliphatic heterocycles. The fourth-order valence-corrected chi connectivity index (χ4v) is 1.78. The van der Waals surface area contributed by atoms with Crippen LogP contribution in [0.5, 0.6) is 5.75 Å². The first-order chi connectivity index (χ1) is 9.77. The highest BCUT2D eigenvalue weighted by atomic mass is 16.5. The molecule has 0 fully saturated rings. The summed E-state index contributed by atoms with van der Waals surface area (Å²) in [4.78, 5) is 16.3. The Labute approximate surface area is 117 Å². The first-order valence-electron chi connectivity index (χ1n) is 6.17. The molecule has 1 aromatic heterocycles. The summed E-state index contributed by atoms with van der Waals surface area (Å²) in [6.07, 6.45) is 4.78. The fraction of sp³-hybridized carbons (Fsp3) is 0.125. The van der Waals surface area contributed by atoms with E-state index in [1.54, 1.807) is 18.3 Å². The molecule has 1 aromatic carbocycles. The maximum atomic E-state index is 12.0. The van der Waals surface area contributed by atoms with Crippen LogP contribution in [0.2, 0.25) is 0 Å². The Bertz CT molecular complexity index is 649. The Morgan fingerprint density at radius 1 is 1.20 bits per heavy atom. The third-order valence-electron chi connectivity index (χ3n) is 2.63. The first-order valence-corrected chi connectivity index (χ1v) is 6.17. The lowest BCUT2D eigenvalue weighted by atomic mass is 10.1. The van der Waals surface area contributed by atoms with Gasteiger partial charge in [-0.3, -0.25) is 4.98 Å². The van der Waals surface area contributed by atoms with Gasteiger partial charge in [0.2, 0.25) is 0 Å². The Hall–Kier alpha value is -2.62. The number of hydrogen-bond donors (Lipinski definition) is 0. The van der Waals surface area contributed by atoms with Crippen LogP contribution in [-0.2, 0) is 4.74 Å². The molecule has 20 heavy (non-hydrogen) atoms. The minimum atomic E-state index is -0.462. The van der Waals surface area contributed by atoms with E-state index in [-0.39, 0.29) is 13.2 Å². The second kappa shape index (κ2) is 6.52. The van der Waals surface area contributed by atoms with Gasteiger partial charge < -0.3 is 9.47 Å². The van der Waals surface area contributed by atoms with Crippen LogP contribution < -0.4 is 4.74 Å². The molecule has 0 spiro atoms. The van der Waals surface area contributed by atoms with E-state index in [1.165, 1.54) is 6.08 Å². The Kier molecular flexibility index (Phi) is 4.50. The van der Waals surface area contributed by atoms with Gasteiger partial charge in [0.25, 0.3) is 0 Å². The Morgan fingerprint density at radius 2 is 2.00 bits per heavy atom. The second-order valence-electron chi connectivity index (χ2n) is 4.00. The smallest absolute Gasteiger partial charge is 0.342 e. The van der Waals surface area contributed by atoms with Gasteiger partial charge in [0.15, 0.2) is 5.75 Å². The van der Waals surface area contributed by atoms with Gasteiger partial charge in [-0.05, 0) is 12.1 Å². The van der Waals surface area contributed by atoms with Crippen molar-refractivity contribution < 1.29 is 14.3 Å². The number of benzene rings is 1. The number of ether oxygens (including phenoxy) is 2. The number of esters is 1. The Balaban J connectivity index is 2.49. The summed E-state index contributed by atoms with van der Waals surface area (Å²) in [6, 6.07) is 7.22. The summed E-state index contributed by atoms with van der Waals surface area (Å²) in [6.45, 7) is 7.56. The van der Waals surface area contributed by atoms with Crippen LogP contribution in [0, 0.1) is 0 Å². The molecule has 4 nitrogen and oxygen atoms in total. The zero-order valence-corrected chi connectivity index (χ0v) is 11.0. The largest absolute Gasteiger partial charge is 0.486 e. The maximum Gasteiger partial charge on any atom is 0.342 e. The van der Waals surface area contributed by atoms with Crippen LogP contribution in [0.4, 0.5) is 0 Å². The molecular weight excluding hydrogens is 254 g/mol. The van der Waals surface area contributed by atoms with E-state index in [0.29, 0.717) is 16.8 Å². The summed E-state index contributed by atoms with van der Waals surface area (Å²) in [5.74, 6) is -0.0476. The first kappa shape index (κ1) is 13.8. The van der Waals surface area contributed by atoms with Crippen molar-refractivity contribution in [3.8, 4) is 5.75 Å². The molecule has 0 N–H and O–H groups in total. The van der Waals surface area contributed by atoms with E-state index < -0.39 is 5.97 Å². The SMILES string of the molecule is C=CCOC(=O)c1ccc2cccnc2c1OCC=C. The van der Waals surface area contributed by atoms with Crippen molar-refractivity contribution in [3.05, 3.63) is 61.3 Å². The van der Waals surface area contributed by atoms with Crippen LogP contribution >= 0.6 is 0 Å². The van der Waals surface area contributed by atoms with E-state index in [0.717, 1.165) is 5.39 Å². The molecule has 2 aromatic rings. The normalized spacial score (nSPS) is 10.0. The molecule has 0 unspecified atom stereocenters. The van der Waals surface area contributed by atoms with Gasteiger partial charge >= 0.3 is 5.97 Å². The van der Waals surface area contributed by atoms with Gasteiger partial charge in [0, 0.05) is 11.6 Å². The van der Waals surface area contributed by atoms with E-state index in [1.807, 2.05) is 18.2 Å². The van der Waals surface area contributed by atoms with Gasteiger partial charge in [-0.25, -0.2) is 4.79 Å². The maximum absolute atomic E-state index is 12.0. The highest BCUT2D eigenvalue weighted by Gasteiger charge is 2.17. The summed E-state index contributed by atoms with van der Waals surface area (Å²) >= 11 is 0. The quantitative estimate of drug-likeness (QED) is 0.597. The van der Waals surface area contributed by atoms with Crippen molar-refractivity contribution >= 4 is 16.9 Å². The van der Waals surface area contributed by atoms with Gasteiger partial charge in [-0.15, -0.1) is 0 Å². The summed E-state index contributed by atoms with van der Waals surface area (Å²) in [5.41, 5.74) is 0.974. The molecule has 0 bridgehead atoms. The third kappa shape index (κ3) is 2.85. The molecular formula is C16H15NO3. The van der Waals surface area contributed by atoms with E-state index in [2.05, 4.69) is 18.1 Å². The lowest BCUT2D eigenvalue weighted by Gasteiger charge is -2.11. The van der Waals surface area contributed by atoms with Crippen LogP contribution in [-0.4, -0.2) is 24.2 Å².